The van der Waals surface area contributed by atoms with Gasteiger partial charge in [0, 0.05) is 18.5 Å². The van der Waals surface area contributed by atoms with Crippen LogP contribution in [0.4, 0.5) is 0 Å². The van der Waals surface area contributed by atoms with Gasteiger partial charge in [-0.3, -0.25) is 15.6 Å². The molecule has 2 aliphatic heterocycles. The molecule has 1 amide bonds. The molecule has 4 N–H and O–H groups in total. The molecule has 0 unspecified atom stereocenters. The smallest absolute Gasteiger partial charge is 0.269 e. The number of ether oxygens (including phenoxy) is 3. The SMILES string of the molecule is O=C(NNC(=S)NCCC[NH+]1CCOCC1)c1ccc2c(c1)OCO2. The van der Waals surface area contributed by atoms with Gasteiger partial charge in [0.05, 0.1) is 19.8 Å². The maximum absolute atomic E-state index is 12.1. The maximum Gasteiger partial charge on any atom is 0.269 e. The normalized spacial score (nSPS) is 16.3. The lowest BCUT2D eigenvalue weighted by Gasteiger charge is -2.23. The first-order valence-electron chi connectivity index (χ1n) is 8.37. The van der Waals surface area contributed by atoms with Gasteiger partial charge in [0.25, 0.3) is 5.91 Å². The number of rotatable bonds is 5. The fourth-order valence-electron chi connectivity index (χ4n) is 2.72. The second kappa shape index (κ2) is 8.84. The van der Waals surface area contributed by atoms with Gasteiger partial charge in [-0.2, -0.15) is 0 Å². The minimum absolute atomic E-state index is 0.179. The van der Waals surface area contributed by atoms with Crippen LogP contribution in [0, 0.1) is 0 Å². The second-order valence-corrected chi connectivity index (χ2v) is 6.28. The highest BCUT2D eigenvalue weighted by atomic mass is 32.1. The molecule has 2 heterocycles. The topological polar surface area (TPSA) is 85.3 Å². The number of hydrazine groups is 1. The first-order valence-corrected chi connectivity index (χ1v) is 8.78. The molecule has 0 atom stereocenters. The van der Waals surface area contributed by atoms with E-state index in [-0.39, 0.29) is 12.7 Å². The zero-order chi connectivity index (χ0) is 17.5. The monoisotopic (exact) mass is 367 g/mol. The van der Waals surface area contributed by atoms with Gasteiger partial charge in [-0.25, -0.2) is 0 Å². The Labute approximate surface area is 151 Å². The zero-order valence-corrected chi connectivity index (χ0v) is 14.7. The Kier molecular flexibility index (Phi) is 6.26. The predicted molar refractivity (Wildman–Crippen MR) is 94.8 cm³/mol. The van der Waals surface area contributed by atoms with E-state index < -0.39 is 0 Å². The summed E-state index contributed by atoms with van der Waals surface area (Å²) in [6, 6.07) is 5.02. The fraction of sp³-hybridized carbons (Fsp3) is 0.500. The molecule has 8 nitrogen and oxygen atoms in total. The van der Waals surface area contributed by atoms with Crippen LogP contribution in [-0.4, -0.2) is 57.2 Å². The molecule has 25 heavy (non-hydrogen) atoms. The van der Waals surface area contributed by atoms with Crippen LogP contribution < -0.4 is 30.5 Å². The number of nitrogens with one attached hydrogen (secondary N) is 4. The molecule has 3 rings (SSSR count). The molecule has 0 bridgehead atoms. The number of thiocarbonyl (C=S) groups is 1. The summed E-state index contributed by atoms with van der Waals surface area (Å²) >= 11 is 5.16. The number of quaternary nitrogens is 1. The Bertz CT molecular complexity index is 622. The highest BCUT2D eigenvalue weighted by Crippen LogP contribution is 2.32. The van der Waals surface area contributed by atoms with Crippen LogP contribution in [0.15, 0.2) is 18.2 Å². The van der Waals surface area contributed by atoms with E-state index in [4.69, 9.17) is 26.4 Å². The summed E-state index contributed by atoms with van der Waals surface area (Å²) in [4.78, 5) is 13.7. The third kappa shape index (κ3) is 5.18. The molecular formula is C16H23N4O4S+. The van der Waals surface area contributed by atoms with Gasteiger partial charge in [0.15, 0.2) is 16.6 Å². The Hall–Kier alpha value is -2.10. The molecule has 1 aromatic carbocycles. The van der Waals surface area contributed by atoms with Crippen LogP contribution in [0.2, 0.25) is 0 Å². The summed E-state index contributed by atoms with van der Waals surface area (Å²) in [6.07, 6.45) is 1.01. The number of fused-ring (bicyclic) bond motifs is 1. The number of carbonyl (C=O) groups excluding carboxylic acids is 1. The Morgan fingerprint density at radius 1 is 1.16 bits per heavy atom. The average Bonchev–Trinajstić information content (AvgIpc) is 3.12. The lowest BCUT2D eigenvalue weighted by molar-refractivity contribution is -0.908. The second-order valence-electron chi connectivity index (χ2n) is 5.87. The van der Waals surface area contributed by atoms with Gasteiger partial charge in [-0.05, 0) is 30.4 Å². The minimum atomic E-state index is -0.291. The van der Waals surface area contributed by atoms with Gasteiger partial charge in [-0.1, -0.05) is 0 Å². The molecule has 9 heteroatoms. The quantitative estimate of drug-likeness (QED) is 0.296. The van der Waals surface area contributed by atoms with Crippen molar-refractivity contribution in [2.75, 3.05) is 46.2 Å². The first kappa shape index (κ1) is 17.7. The van der Waals surface area contributed by atoms with Crippen molar-refractivity contribution in [3.05, 3.63) is 23.8 Å². The van der Waals surface area contributed by atoms with Crippen LogP contribution in [-0.2, 0) is 4.74 Å². The summed E-state index contributed by atoms with van der Waals surface area (Å²) in [5, 5.41) is 3.48. The van der Waals surface area contributed by atoms with Crippen LogP contribution in [0.3, 0.4) is 0 Å². The molecule has 1 aromatic rings. The molecular weight excluding hydrogens is 344 g/mol. The molecule has 136 valence electrons. The lowest BCUT2D eigenvalue weighted by Crippen LogP contribution is -3.14. The Morgan fingerprint density at radius 3 is 2.80 bits per heavy atom. The largest absolute Gasteiger partial charge is 0.454 e. The van der Waals surface area contributed by atoms with E-state index in [1.807, 2.05) is 0 Å². The van der Waals surface area contributed by atoms with Crippen molar-refractivity contribution in [3.8, 4) is 11.5 Å². The molecule has 2 aliphatic rings. The molecule has 0 aromatic heterocycles. The molecule has 1 fully saturated rings. The van der Waals surface area contributed by atoms with Gasteiger partial charge >= 0.3 is 0 Å². The van der Waals surface area contributed by atoms with E-state index >= 15 is 0 Å². The first-order chi connectivity index (χ1) is 12.2. The molecule has 0 saturated carbocycles. The molecule has 0 radical (unpaired) electrons. The van der Waals surface area contributed by atoms with Crippen molar-refractivity contribution in [2.24, 2.45) is 0 Å². The number of amides is 1. The minimum Gasteiger partial charge on any atom is -0.454 e. The standard InChI is InChI=1S/C16H22N4O4S/c21-15(12-2-3-13-14(10-12)24-11-23-13)18-19-16(25)17-4-1-5-20-6-8-22-9-7-20/h2-3,10H,1,4-9,11H2,(H,18,21)(H2,17,19,25)/p+1. The van der Waals surface area contributed by atoms with Crippen LogP contribution in [0.5, 0.6) is 11.5 Å². The Morgan fingerprint density at radius 2 is 1.96 bits per heavy atom. The summed E-state index contributed by atoms with van der Waals surface area (Å²) < 4.78 is 15.8. The van der Waals surface area contributed by atoms with Gasteiger partial charge in [-0.15, -0.1) is 0 Å². The summed E-state index contributed by atoms with van der Waals surface area (Å²) in [5.74, 6) is 0.920. The van der Waals surface area contributed by atoms with E-state index in [0.29, 0.717) is 22.2 Å². The van der Waals surface area contributed by atoms with Crippen molar-refractivity contribution in [3.63, 3.8) is 0 Å². The predicted octanol–water partition coefficient (Wildman–Crippen LogP) is -1.17. The van der Waals surface area contributed by atoms with Crippen LogP contribution in [0.25, 0.3) is 0 Å². The average molecular weight is 367 g/mol. The summed E-state index contributed by atoms with van der Waals surface area (Å²) in [7, 11) is 0. The summed E-state index contributed by atoms with van der Waals surface area (Å²) in [5.41, 5.74) is 5.75. The number of morpholine rings is 1. The molecule has 0 aliphatic carbocycles. The highest BCUT2D eigenvalue weighted by molar-refractivity contribution is 7.80. The molecule has 0 spiro atoms. The van der Waals surface area contributed by atoms with E-state index in [2.05, 4.69) is 16.2 Å². The molecule has 1 saturated heterocycles. The maximum atomic E-state index is 12.1. The fourth-order valence-corrected chi connectivity index (χ4v) is 2.87. The van der Waals surface area contributed by atoms with E-state index in [9.17, 15) is 4.79 Å². The third-order valence-corrected chi connectivity index (χ3v) is 4.36. The lowest BCUT2D eigenvalue weighted by atomic mass is 10.2. The van der Waals surface area contributed by atoms with E-state index in [1.54, 1.807) is 23.1 Å². The Balaban J connectivity index is 1.32. The third-order valence-electron chi connectivity index (χ3n) is 4.12. The zero-order valence-electron chi connectivity index (χ0n) is 13.9. The van der Waals surface area contributed by atoms with Crippen LogP contribution in [0.1, 0.15) is 16.8 Å². The van der Waals surface area contributed by atoms with Gasteiger partial charge < -0.3 is 24.4 Å². The van der Waals surface area contributed by atoms with Crippen molar-refractivity contribution in [1.29, 1.82) is 0 Å². The van der Waals surface area contributed by atoms with Crippen molar-refractivity contribution < 1.29 is 23.9 Å². The number of hydrogen-bond acceptors (Lipinski definition) is 5. The van der Waals surface area contributed by atoms with Crippen molar-refractivity contribution >= 4 is 23.2 Å². The van der Waals surface area contributed by atoms with Crippen molar-refractivity contribution in [1.82, 2.24) is 16.2 Å². The highest BCUT2D eigenvalue weighted by Gasteiger charge is 2.16. The van der Waals surface area contributed by atoms with Gasteiger partial charge in [0.1, 0.15) is 13.1 Å². The number of carbonyl (C=O) groups is 1. The summed E-state index contributed by atoms with van der Waals surface area (Å²) in [6.45, 7) is 5.84. The number of benzene rings is 1. The van der Waals surface area contributed by atoms with E-state index in [1.165, 1.54) is 0 Å². The van der Waals surface area contributed by atoms with Crippen LogP contribution >= 0.6 is 12.2 Å². The van der Waals surface area contributed by atoms with E-state index in [0.717, 1.165) is 45.8 Å². The van der Waals surface area contributed by atoms with Gasteiger partial charge in [0.2, 0.25) is 6.79 Å². The number of hydrogen-bond donors (Lipinski definition) is 4. The van der Waals surface area contributed by atoms with Crippen molar-refractivity contribution in [2.45, 2.75) is 6.42 Å².